The molecule has 0 saturated heterocycles. The average molecular weight is 231 g/mol. The van der Waals surface area contributed by atoms with Gasteiger partial charge in [-0.15, -0.1) is 0 Å². The Morgan fingerprint density at radius 2 is 1.94 bits per heavy atom. The quantitative estimate of drug-likeness (QED) is 0.808. The van der Waals surface area contributed by atoms with Crippen molar-refractivity contribution in [2.45, 2.75) is 18.3 Å². The SMILES string of the molecule is COc1cc(F)c(F)c(C2(CN)CC2)c1F. The Hall–Kier alpha value is -1.23. The number of rotatable bonds is 3. The predicted molar refractivity (Wildman–Crippen MR) is 52.8 cm³/mol. The van der Waals surface area contributed by atoms with E-state index < -0.39 is 22.9 Å². The van der Waals surface area contributed by atoms with Gasteiger partial charge >= 0.3 is 0 Å². The zero-order valence-corrected chi connectivity index (χ0v) is 8.82. The Kier molecular flexibility index (Phi) is 2.58. The van der Waals surface area contributed by atoms with E-state index in [-0.39, 0.29) is 17.9 Å². The van der Waals surface area contributed by atoms with Crippen molar-refractivity contribution in [3.63, 3.8) is 0 Å². The maximum atomic E-state index is 13.8. The standard InChI is InChI=1S/C11H12F3NO/c1-16-7-4-6(12)9(13)8(10(7)14)11(5-15)2-3-11/h4H,2-3,5,15H2,1H3. The highest BCUT2D eigenvalue weighted by molar-refractivity contribution is 5.41. The molecule has 5 heteroatoms. The number of methoxy groups -OCH3 is 1. The van der Waals surface area contributed by atoms with Gasteiger partial charge in [-0.2, -0.15) is 0 Å². The van der Waals surface area contributed by atoms with E-state index in [9.17, 15) is 13.2 Å². The van der Waals surface area contributed by atoms with E-state index in [4.69, 9.17) is 5.73 Å². The molecule has 0 unspecified atom stereocenters. The van der Waals surface area contributed by atoms with Crippen molar-refractivity contribution in [2.24, 2.45) is 5.73 Å². The topological polar surface area (TPSA) is 35.2 Å². The summed E-state index contributed by atoms with van der Waals surface area (Å²) < 4.78 is 45.3. The highest BCUT2D eigenvalue weighted by Gasteiger charge is 2.48. The molecule has 0 heterocycles. The van der Waals surface area contributed by atoms with Crippen molar-refractivity contribution in [1.29, 1.82) is 0 Å². The lowest BCUT2D eigenvalue weighted by Gasteiger charge is -2.17. The molecule has 1 fully saturated rings. The molecule has 1 aliphatic carbocycles. The van der Waals surface area contributed by atoms with Crippen LogP contribution in [0.15, 0.2) is 6.07 Å². The Balaban J connectivity index is 2.63. The molecule has 2 rings (SSSR count). The van der Waals surface area contributed by atoms with E-state index in [2.05, 4.69) is 4.74 Å². The fourth-order valence-electron chi connectivity index (χ4n) is 1.90. The predicted octanol–water partition coefficient (Wildman–Crippen LogP) is 2.10. The third-order valence-electron chi connectivity index (χ3n) is 3.12. The Morgan fingerprint density at radius 3 is 2.38 bits per heavy atom. The Morgan fingerprint density at radius 1 is 1.31 bits per heavy atom. The van der Waals surface area contributed by atoms with Crippen LogP contribution in [0, 0.1) is 17.5 Å². The summed E-state index contributed by atoms with van der Waals surface area (Å²) in [5.74, 6) is -3.38. The summed E-state index contributed by atoms with van der Waals surface area (Å²) >= 11 is 0. The highest BCUT2D eigenvalue weighted by atomic mass is 19.2. The van der Waals surface area contributed by atoms with Gasteiger partial charge in [0.15, 0.2) is 23.2 Å². The summed E-state index contributed by atoms with van der Waals surface area (Å²) in [6.07, 6.45) is 1.15. The second-order valence-corrected chi connectivity index (χ2v) is 4.05. The van der Waals surface area contributed by atoms with Crippen molar-refractivity contribution >= 4 is 0 Å². The lowest BCUT2D eigenvalue weighted by atomic mass is 9.94. The van der Waals surface area contributed by atoms with Gasteiger partial charge in [0, 0.05) is 23.6 Å². The lowest BCUT2D eigenvalue weighted by molar-refractivity contribution is 0.366. The molecule has 2 nitrogen and oxygen atoms in total. The number of benzene rings is 1. The normalized spacial score (nSPS) is 17.3. The number of hydrogen-bond donors (Lipinski definition) is 1. The Bertz CT molecular complexity index is 430. The van der Waals surface area contributed by atoms with Crippen LogP contribution in [-0.4, -0.2) is 13.7 Å². The fourth-order valence-corrected chi connectivity index (χ4v) is 1.90. The number of nitrogens with two attached hydrogens (primary N) is 1. The van der Waals surface area contributed by atoms with Gasteiger partial charge in [0.05, 0.1) is 7.11 Å². The summed E-state index contributed by atoms with van der Waals surface area (Å²) in [6.45, 7) is 0.105. The molecule has 0 aromatic heterocycles. The van der Waals surface area contributed by atoms with Gasteiger partial charge in [0.25, 0.3) is 0 Å². The summed E-state index contributed by atoms with van der Waals surface area (Å²) in [5, 5.41) is 0. The minimum absolute atomic E-state index is 0.105. The summed E-state index contributed by atoms with van der Waals surface area (Å²) in [4.78, 5) is 0. The van der Waals surface area contributed by atoms with Crippen LogP contribution < -0.4 is 10.5 Å². The molecule has 16 heavy (non-hydrogen) atoms. The monoisotopic (exact) mass is 231 g/mol. The van der Waals surface area contributed by atoms with Crippen LogP contribution in [0.25, 0.3) is 0 Å². The van der Waals surface area contributed by atoms with Crippen molar-refractivity contribution < 1.29 is 17.9 Å². The molecule has 0 atom stereocenters. The van der Waals surface area contributed by atoms with Crippen LogP contribution in [0.3, 0.4) is 0 Å². The van der Waals surface area contributed by atoms with Crippen molar-refractivity contribution in [2.75, 3.05) is 13.7 Å². The molecule has 1 aromatic rings. The first-order chi connectivity index (χ1) is 7.55. The maximum Gasteiger partial charge on any atom is 0.171 e. The van der Waals surface area contributed by atoms with Crippen LogP contribution >= 0.6 is 0 Å². The minimum atomic E-state index is -1.15. The molecule has 1 aliphatic rings. The summed E-state index contributed by atoms with van der Waals surface area (Å²) in [7, 11) is 1.21. The van der Waals surface area contributed by atoms with E-state index in [1.54, 1.807) is 0 Å². The molecule has 1 aromatic carbocycles. The second-order valence-electron chi connectivity index (χ2n) is 4.05. The first kappa shape index (κ1) is 11.3. The van der Waals surface area contributed by atoms with E-state index in [0.717, 1.165) is 0 Å². The van der Waals surface area contributed by atoms with E-state index in [0.29, 0.717) is 18.9 Å². The fraction of sp³-hybridized carbons (Fsp3) is 0.455. The van der Waals surface area contributed by atoms with Crippen LogP contribution in [0.2, 0.25) is 0 Å². The van der Waals surface area contributed by atoms with Gasteiger partial charge in [-0.3, -0.25) is 0 Å². The van der Waals surface area contributed by atoms with Gasteiger partial charge in [0.2, 0.25) is 0 Å². The molecular formula is C11H12F3NO. The van der Waals surface area contributed by atoms with E-state index in [1.807, 2.05) is 0 Å². The van der Waals surface area contributed by atoms with Crippen molar-refractivity contribution in [3.8, 4) is 5.75 Å². The summed E-state index contributed by atoms with van der Waals surface area (Å²) in [6, 6.07) is 0.709. The molecular weight excluding hydrogens is 219 g/mol. The molecule has 0 spiro atoms. The summed E-state index contributed by atoms with van der Waals surface area (Å²) in [5.41, 5.74) is 4.47. The third kappa shape index (κ3) is 1.46. The van der Waals surface area contributed by atoms with E-state index >= 15 is 0 Å². The third-order valence-corrected chi connectivity index (χ3v) is 3.12. The lowest BCUT2D eigenvalue weighted by Crippen LogP contribution is -2.23. The molecule has 0 radical (unpaired) electrons. The maximum absolute atomic E-state index is 13.8. The number of ether oxygens (including phenoxy) is 1. The first-order valence-electron chi connectivity index (χ1n) is 4.98. The Labute approximate surface area is 91.2 Å². The highest BCUT2D eigenvalue weighted by Crippen LogP contribution is 2.50. The zero-order chi connectivity index (χ0) is 11.9. The van der Waals surface area contributed by atoms with Crippen LogP contribution in [0.4, 0.5) is 13.2 Å². The van der Waals surface area contributed by atoms with Crippen LogP contribution in [-0.2, 0) is 5.41 Å². The van der Waals surface area contributed by atoms with Gasteiger partial charge in [0.1, 0.15) is 0 Å². The average Bonchev–Trinajstić information content (AvgIpc) is 3.05. The van der Waals surface area contributed by atoms with Gasteiger partial charge in [-0.25, -0.2) is 13.2 Å². The molecule has 0 bridgehead atoms. The number of hydrogen-bond acceptors (Lipinski definition) is 2. The largest absolute Gasteiger partial charge is 0.494 e. The van der Waals surface area contributed by atoms with E-state index in [1.165, 1.54) is 7.11 Å². The molecule has 1 saturated carbocycles. The van der Waals surface area contributed by atoms with Gasteiger partial charge < -0.3 is 10.5 Å². The molecule has 2 N–H and O–H groups in total. The zero-order valence-electron chi connectivity index (χ0n) is 8.82. The van der Waals surface area contributed by atoms with Crippen LogP contribution in [0.5, 0.6) is 5.75 Å². The second kappa shape index (κ2) is 3.66. The molecule has 88 valence electrons. The van der Waals surface area contributed by atoms with Crippen molar-refractivity contribution in [3.05, 3.63) is 29.1 Å². The molecule has 0 amide bonds. The van der Waals surface area contributed by atoms with Crippen molar-refractivity contribution in [1.82, 2.24) is 0 Å². The van der Waals surface area contributed by atoms with Crippen LogP contribution in [0.1, 0.15) is 18.4 Å². The molecule has 0 aliphatic heterocycles. The minimum Gasteiger partial charge on any atom is -0.494 e. The first-order valence-corrected chi connectivity index (χ1v) is 4.98. The smallest absolute Gasteiger partial charge is 0.171 e. The van der Waals surface area contributed by atoms with Gasteiger partial charge in [-0.05, 0) is 12.8 Å². The van der Waals surface area contributed by atoms with Gasteiger partial charge in [-0.1, -0.05) is 0 Å². The number of halogens is 3.